The second-order valence-corrected chi connectivity index (χ2v) is 5.52. The lowest BCUT2D eigenvalue weighted by atomic mass is 10.3. The summed E-state index contributed by atoms with van der Waals surface area (Å²) in [5.41, 5.74) is 0. The van der Waals surface area contributed by atoms with E-state index in [0.29, 0.717) is 6.54 Å². The summed E-state index contributed by atoms with van der Waals surface area (Å²) in [5, 5.41) is 11.3. The lowest BCUT2D eigenvalue weighted by molar-refractivity contribution is -0.130. The highest BCUT2D eigenvalue weighted by Crippen LogP contribution is 2.27. The van der Waals surface area contributed by atoms with Crippen molar-refractivity contribution >= 4 is 11.7 Å². The molecule has 0 spiro atoms. The zero-order valence-electron chi connectivity index (χ0n) is 11.7. The lowest BCUT2D eigenvalue weighted by Crippen LogP contribution is -2.51. The Bertz CT molecular complexity index is 440. The minimum absolute atomic E-state index is 0.212. The van der Waals surface area contributed by atoms with Gasteiger partial charge in [-0.1, -0.05) is 0 Å². The minimum Gasteiger partial charge on any atom is -0.352 e. The molecule has 3 rings (SSSR count). The summed E-state index contributed by atoms with van der Waals surface area (Å²) >= 11 is 0. The van der Waals surface area contributed by atoms with Gasteiger partial charge in [0, 0.05) is 32.4 Å². The highest BCUT2D eigenvalue weighted by molar-refractivity contribution is 5.78. The molecule has 20 heavy (non-hydrogen) atoms. The quantitative estimate of drug-likeness (QED) is 0.827. The van der Waals surface area contributed by atoms with Gasteiger partial charge in [0.25, 0.3) is 0 Å². The molecule has 0 unspecified atom stereocenters. The molecule has 1 amide bonds. The van der Waals surface area contributed by atoms with Crippen LogP contribution in [0.2, 0.25) is 0 Å². The molecule has 6 heteroatoms. The van der Waals surface area contributed by atoms with Crippen molar-refractivity contribution in [1.82, 2.24) is 20.4 Å². The fourth-order valence-electron chi connectivity index (χ4n) is 2.46. The molecule has 0 radical (unpaired) electrons. The largest absolute Gasteiger partial charge is 0.352 e. The van der Waals surface area contributed by atoms with Crippen LogP contribution in [0.3, 0.4) is 0 Å². The highest BCUT2D eigenvalue weighted by Gasteiger charge is 2.23. The Morgan fingerprint density at radius 1 is 1.30 bits per heavy atom. The summed E-state index contributed by atoms with van der Waals surface area (Å²) in [5.74, 6) is 1.92. The van der Waals surface area contributed by atoms with Gasteiger partial charge in [-0.05, 0) is 37.4 Å². The second kappa shape index (κ2) is 6.17. The number of nitrogens with one attached hydrogen (secondary N) is 1. The third-order valence-corrected chi connectivity index (χ3v) is 3.92. The number of nitrogens with zero attached hydrogens (tertiary/aromatic N) is 4. The van der Waals surface area contributed by atoms with Crippen LogP contribution >= 0.6 is 0 Å². The number of hydrogen-bond acceptors (Lipinski definition) is 5. The SMILES string of the molecule is O=C(CNCC1CC1)N1CCN(c2cccnn2)CC1. The second-order valence-electron chi connectivity index (χ2n) is 5.52. The zero-order chi connectivity index (χ0) is 13.8. The van der Waals surface area contributed by atoms with Crippen LogP contribution in [-0.4, -0.2) is 60.3 Å². The van der Waals surface area contributed by atoms with Crippen LogP contribution in [0.4, 0.5) is 5.82 Å². The lowest BCUT2D eigenvalue weighted by Gasteiger charge is -2.35. The zero-order valence-corrected chi connectivity index (χ0v) is 11.7. The molecule has 6 nitrogen and oxygen atoms in total. The van der Waals surface area contributed by atoms with Gasteiger partial charge in [0.1, 0.15) is 0 Å². The number of anilines is 1. The van der Waals surface area contributed by atoms with Crippen molar-refractivity contribution in [2.24, 2.45) is 5.92 Å². The molecular weight excluding hydrogens is 254 g/mol. The van der Waals surface area contributed by atoms with Gasteiger partial charge in [0.15, 0.2) is 5.82 Å². The van der Waals surface area contributed by atoms with Crippen molar-refractivity contribution in [3.05, 3.63) is 18.3 Å². The molecule has 2 aliphatic rings. The van der Waals surface area contributed by atoms with E-state index in [4.69, 9.17) is 0 Å². The Hall–Kier alpha value is -1.69. The summed E-state index contributed by atoms with van der Waals surface area (Å²) < 4.78 is 0. The van der Waals surface area contributed by atoms with Crippen LogP contribution < -0.4 is 10.2 Å². The molecule has 0 bridgehead atoms. The van der Waals surface area contributed by atoms with Crippen LogP contribution in [0.25, 0.3) is 0 Å². The number of hydrogen-bond donors (Lipinski definition) is 1. The van der Waals surface area contributed by atoms with Gasteiger partial charge in [0.05, 0.1) is 6.54 Å². The highest BCUT2D eigenvalue weighted by atomic mass is 16.2. The van der Waals surface area contributed by atoms with Crippen LogP contribution in [0, 0.1) is 5.92 Å². The first kappa shape index (κ1) is 13.3. The Balaban J connectivity index is 1.42. The van der Waals surface area contributed by atoms with Crippen LogP contribution in [0.1, 0.15) is 12.8 Å². The molecule has 1 aliphatic carbocycles. The first-order valence-electron chi connectivity index (χ1n) is 7.34. The summed E-state index contributed by atoms with van der Waals surface area (Å²) in [7, 11) is 0. The molecule has 1 aromatic rings. The van der Waals surface area contributed by atoms with Gasteiger partial charge < -0.3 is 15.1 Å². The van der Waals surface area contributed by atoms with E-state index in [1.165, 1.54) is 12.8 Å². The van der Waals surface area contributed by atoms with Crippen molar-refractivity contribution < 1.29 is 4.79 Å². The molecule has 1 saturated heterocycles. The molecule has 1 aromatic heterocycles. The van der Waals surface area contributed by atoms with E-state index in [2.05, 4.69) is 20.4 Å². The van der Waals surface area contributed by atoms with Crippen molar-refractivity contribution in [1.29, 1.82) is 0 Å². The summed E-state index contributed by atoms with van der Waals surface area (Å²) in [6, 6.07) is 3.85. The topological polar surface area (TPSA) is 61.4 Å². The maximum Gasteiger partial charge on any atom is 0.236 e. The monoisotopic (exact) mass is 275 g/mol. The predicted molar refractivity (Wildman–Crippen MR) is 76.4 cm³/mol. The van der Waals surface area contributed by atoms with Crippen molar-refractivity contribution in [3.8, 4) is 0 Å². The summed E-state index contributed by atoms with van der Waals surface area (Å²) in [6.07, 6.45) is 4.31. The fourth-order valence-corrected chi connectivity index (χ4v) is 2.46. The molecule has 0 aromatic carbocycles. The van der Waals surface area contributed by atoms with Crippen LogP contribution in [0.15, 0.2) is 18.3 Å². The molecule has 1 N–H and O–H groups in total. The normalized spacial score (nSPS) is 19.2. The maximum absolute atomic E-state index is 12.1. The number of aromatic nitrogens is 2. The first-order chi connectivity index (χ1) is 9.83. The minimum atomic E-state index is 0.212. The number of carbonyl (C=O) groups excluding carboxylic acids is 1. The molecule has 108 valence electrons. The molecule has 1 saturated carbocycles. The van der Waals surface area contributed by atoms with E-state index < -0.39 is 0 Å². The van der Waals surface area contributed by atoms with E-state index in [-0.39, 0.29) is 5.91 Å². The smallest absolute Gasteiger partial charge is 0.236 e. The Kier molecular flexibility index (Phi) is 4.11. The summed E-state index contributed by atoms with van der Waals surface area (Å²) in [4.78, 5) is 16.2. The van der Waals surface area contributed by atoms with E-state index in [1.54, 1.807) is 6.20 Å². The number of amides is 1. The van der Waals surface area contributed by atoms with Gasteiger partial charge in [-0.2, -0.15) is 5.10 Å². The van der Waals surface area contributed by atoms with Gasteiger partial charge in [-0.3, -0.25) is 4.79 Å². The predicted octanol–water partition coefficient (Wildman–Crippen LogP) is 0.125. The Labute approximate surface area is 119 Å². The molecule has 1 aliphatic heterocycles. The third-order valence-electron chi connectivity index (χ3n) is 3.92. The average molecular weight is 275 g/mol. The Morgan fingerprint density at radius 2 is 2.10 bits per heavy atom. The number of carbonyl (C=O) groups is 1. The maximum atomic E-state index is 12.1. The van der Waals surface area contributed by atoms with Crippen LogP contribution in [-0.2, 0) is 4.79 Å². The van der Waals surface area contributed by atoms with E-state index in [0.717, 1.165) is 44.5 Å². The van der Waals surface area contributed by atoms with Gasteiger partial charge >= 0.3 is 0 Å². The standard InChI is InChI=1S/C14H21N5O/c20-14(11-15-10-12-3-4-12)19-8-6-18(7-9-19)13-2-1-5-16-17-13/h1-2,5,12,15H,3-4,6-11H2. The van der Waals surface area contributed by atoms with E-state index in [1.807, 2.05) is 17.0 Å². The number of rotatable bonds is 5. The first-order valence-corrected chi connectivity index (χ1v) is 7.34. The third kappa shape index (κ3) is 3.45. The van der Waals surface area contributed by atoms with Gasteiger partial charge in [0.2, 0.25) is 5.91 Å². The fraction of sp³-hybridized carbons (Fsp3) is 0.643. The van der Waals surface area contributed by atoms with Gasteiger partial charge in [-0.15, -0.1) is 5.10 Å². The molecule has 2 heterocycles. The van der Waals surface area contributed by atoms with Crippen LogP contribution in [0.5, 0.6) is 0 Å². The molecular formula is C14H21N5O. The number of piperazine rings is 1. The average Bonchev–Trinajstić information content (AvgIpc) is 3.32. The molecule has 0 atom stereocenters. The van der Waals surface area contributed by atoms with Crippen molar-refractivity contribution in [2.45, 2.75) is 12.8 Å². The van der Waals surface area contributed by atoms with Crippen molar-refractivity contribution in [3.63, 3.8) is 0 Å². The summed E-state index contributed by atoms with van der Waals surface area (Å²) in [6.45, 7) is 4.65. The Morgan fingerprint density at radius 3 is 2.75 bits per heavy atom. The van der Waals surface area contributed by atoms with Crippen molar-refractivity contribution in [2.75, 3.05) is 44.2 Å². The van der Waals surface area contributed by atoms with Gasteiger partial charge in [-0.25, -0.2) is 0 Å². The van der Waals surface area contributed by atoms with E-state index in [9.17, 15) is 4.79 Å². The van der Waals surface area contributed by atoms with E-state index >= 15 is 0 Å². The molecule has 2 fully saturated rings.